The molecule has 0 aliphatic rings. The van der Waals surface area contributed by atoms with Crippen molar-refractivity contribution in [3.05, 3.63) is 48.6 Å². The van der Waals surface area contributed by atoms with Crippen LogP contribution in [0.4, 0.5) is 0 Å². The highest BCUT2D eigenvalue weighted by atomic mass is 31.2. The number of rotatable bonds is 80. The zero-order chi connectivity index (χ0) is 69.0. The number of carbonyl (C=O) groups excluding carboxylic acids is 1. The molecular formula is C86H168N2O6P+. The molecule has 8 nitrogen and oxygen atoms in total. The molecule has 0 rings (SSSR count). The van der Waals surface area contributed by atoms with E-state index in [2.05, 4.69) is 67.8 Å². The van der Waals surface area contributed by atoms with Crippen molar-refractivity contribution < 1.29 is 32.9 Å². The van der Waals surface area contributed by atoms with Gasteiger partial charge >= 0.3 is 7.82 Å². The van der Waals surface area contributed by atoms with Crippen LogP contribution in [0.5, 0.6) is 0 Å². The van der Waals surface area contributed by atoms with E-state index in [1.54, 1.807) is 0 Å². The number of hydrogen-bond acceptors (Lipinski definition) is 5. The Bertz CT molecular complexity index is 1690. The van der Waals surface area contributed by atoms with Gasteiger partial charge in [0, 0.05) is 6.42 Å². The van der Waals surface area contributed by atoms with Crippen molar-refractivity contribution in [3.8, 4) is 0 Å². The summed E-state index contributed by atoms with van der Waals surface area (Å²) in [5, 5.41) is 14.2. The topological polar surface area (TPSA) is 105 Å². The first-order valence-electron chi connectivity index (χ1n) is 42.5. The molecule has 0 bridgehead atoms. The zero-order valence-electron chi connectivity index (χ0n) is 64.7. The third-order valence-electron chi connectivity index (χ3n) is 19.8. The van der Waals surface area contributed by atoms with E-state index in [1.165, 1.54) is 353 Å². The van der Waals surface area contributed by atoms with Crippen LogP contribution in [0.15, 0.2) is 48.6 Å². The highest BCUT2D eigenvalue weighted by Crippen LogP contribution is 2.43. The molecule has 1 amide bonds. The molecule has 0 radical (unpaired) electrons. The van der Waals surface area contributed by atoms with E-state index in [0.29, 0.717) is 23.9 Å². The standard InChI is InChI=1S/C86H167N2O6P/c1-6-8-10-12-14-16-18-20-22-24-26-28-30-32-34-36-38-40-41-42-43-44-45-46-47-48-50-52-54-56-58-60-62-64-66-68-70-72-74-76-78-80-86(90)87-84(83-94-95(91,92)93-82-81-88(3,4)5)85(89)79-77-75-73-71-69-67-65-63-61-59-57-55-53-51-49-39-37-35-33-31-29-27-25-23-21-19-17-15-13-11-9-7-2/h8,10,14,16,20,22,26,28,84-85,89H,6-7,9,11-13,15,17-19,21,23-25,27,29-83H2,1-5H3,(H-,87,90,91,92)/p+1/b10-8-,16-14-,22-20-,28-26-. The molecule has 0 aromatic heterocycles. The fraction of sp³-hybridized carbons (Fsp3) is 0.895. The lowest BCUT2D eigenvalue weighted by atomic mass is 10.0. The minimum absolute atomic E-state index is 0.0776. The van der Waals surface area contributed by atoms with Crippen molar-refractivity contribution >= 4 is 13.7 Å². The lowest BCUT2D eigenvalue weighted by Crippen LogP contribution is -2.46. The summed E-state index contributed by atoms with van der Waals surface area (Å²) in [6.45, 7) is 4.85. The molecule has 3 unspecified atom stereocenters. The van der Waals surface area contributed by atoms with Gasteiger partial charge in [-0.05, 0) is 51.4 Å². The van der Waals surface area contributed by atoms with Gasteiger partial charge in [-0.25, -0.2) is 4.57 Å². The van der Waals surface area contributed by atoms with Gasteiger partial charge in [0.25, 0.3) is 0 Å². The molecule has 0 heterocycles. The predicted octanol–water partition coefficient (Wildman–Crippen LogP) is 28.1. The maximum Gasteiger partial charge on any atom is 0.472 e. The average Bonchev–Trinajstić information content (AvgIpc) is 2.01. The van der Waals surface area contributed by atoms with Crippen LogP contribution in [0.2, 0.25) is 0 Å². The summed E-state index contributed by atoms with van der Waals surface area (Å²) in [4.78, 5) is 23.6. The quantitative estimate of drug-likeness (QED) is 0.0243. The summed E-state index contributed by atoms with van der Waals surface area (Å²) in [6, 6.07) is -0.761. The molecule has 3 atom stereocenters. The van der Waals surface area contributed by atoms with Crippen LogP contribution in [0.3, 0.4) is 0 Å². The number of unbranched alkanes of at least 4 members (excludes halogenated alkanes) is 59. The zero-order valence-corrected chi connectivity index (χ0v) is 65.6. The van der Waals surface area contributed by atoms with Crippen LogP contribution in [0, 0.1) is 0 Å². The lowest BCUT2D eigenvalue weighted by molar-refractivity contribution is -0.870. The predicted molar refractivity (Wildman–Crippen MR) is 420 cm³/mol. The highest BCUT2D eigenvalue weighted by molar-refractivity contribution is 7.47. The van der Waals surface area contributed by atoms with Crippen molar-refractivity contribution in [1.82, 2.24) is 5.32 Å². The maximum atomic E-state index is 13.1. The van der Waals surface area contributed by atoms with Gasteiger partial charge in [0.15, 0.2) is 0 Å². The molecule has 562 valence electrons. The summed E-state index contributed by atoms with van der Waals surface area (Å²) in [7, 11) is 1.64. The molecular weight excluding hydrogens is 1190 g/mol. The Kier molecular flexibility index (Phi) is 75.4. The van der Waals surface area contributed by atoms with Crippen molar-refractivity contribution in [2.45, 2.75) is 456 Å². The summed E-state index contributed by atoms with van der Waals surface area (Å²) < 4.78 is 24.0. The Morgan fingerprint density at radius 1 is 0.368 bits per heavy atom. The first-order valence-corrected chi connectivity index (χ1v) is 44.0. The summed E-state index contributed by atoms with van der Waals surface area (Å²) >= 11 is 0. The second-order valence-corrected chi connectivity index (χ2v) is 32.0. The Labute approximate surface area is 594 Å². The number of aliphatic hydroxyl groups excluding tert-OH is 1. The molecule has 0 aromatic carbocycles. The highest BCUT2D eigenvalue weighted by Gasteiger charge is 2.28. The number of carbonyl (C=O) groups is 1. The average molecular weight is 1360 g/mol. The Morgan fingerprint density at radius 2 is 0.632 bits per heavy atom. The van der Waals surface area contributed by atoms with Crippen LogP contribution in [0.1, 0.15) is 444 Å². The second kappa shape index (κ2) is 76.6. The number of phosphoric acid groups is 1. The number of likely N-dealkylation sites (N-methyl/N-ethyl adjacent to an activating group) is 1. The van der Waals surface area contributed by atoms with E-state index < -0.39 is 20.0 Å². The normalized spacial score (nSPS) is 13.6. The van der Waals surface area contributed by atoms with Gasteiger partial charge in [-0.3, -0.25) is 13.8 Å². The number of nitrogens with one attached hydrogen (secondary N) is 1. The summed E-state index contributed by atoms with van der Waals surface area (Å²) in [5.74, 6) is -0.133. The minimum Gasteiger partial charge on any atom is -0.391 e. The van der Waals surface area contributed by atoms with Gasteiger partial charge in [0.05, 0.1) is 39.9 Å². The van der Waals surface area contributed by atoms with Gasteiger partial charge in [0.2, 0.25) is 5.91 Å². The fourth-order valence-corrected chi connectivity index (χ4v) is 14.1. The number of aliphatic hydroxyl groups is 1. The van der Waals surface area contributed by atoms with Crippen LogP contribution in [0.25, 0.3) is 0 Å². The van der Waals surface area contributed by atoms with E-state index >= 15 is 0 Å². The number of quaternary nitrogens is 1. The molecule has 0 spiro atoms. The van der Waals surface area contributed by atoms with Crippen molar-refractivity contribution in [2.24, 2.45) is 0 Å². The van der Waals surface area contributed by atoms with Crippen molar-refractivity contribution in [2.75, 3.05) is 40.9 Å². The van der Waals surface area contributed by atoms with Crippen molar-refractivity contribution in [1.29, 1.82) is 0 Å². The van der Waals surface area contributed by atoms with Gasteiger partial charge in [-0.2, -0.15) is 0 Å². The first-order chi connectivity index (χ1) is 46.5. The molecule has 3 N–H and O–H groups in total. The van der Waals surface area contributed by atoms with E-state index in [1.807, 2.05) is 21.1 Å². The summed E-state index contributed by atoms with van der Waals surface area (Å²) in [5.41, 5.74) is 0. The van der Waals surface area contributed by atoms with E-state index in [9.17, 15) is 19.4 Å². The van der Waals surface area contributed by atoms with Crippen LogP contribution < -0.4 is 5.32 Å². The Balaban J connectivity index is 3.86. The van der Waals surface area contributed by atoms with Crippen molar-refractivity contribution in [3.63, 3.8) is 0 Å². The Hall–Kier alpha value is -1.54. The maximum absolute atomic E-state index is 13.1. The first kappa shape index (κ1) is 93.5. The third kappa shape index (κ3) is 79.7. The monoisotopic (exact) mass is 1360 g/mol. The number of amides is 1. The molecule has 9 heteroatoms. The van der Waals surface area contributed by atoms with E-state index in [4.69, 9.17) is 9.05 Å². The van der Waals surface area contributed by atoms with Gasteiger partial charge in [0.1, 0.15) is 13.2 Å². The van der Waals surface area contributed by atoms with Gasteiger partial charge in [-0.1, -0.05) is 435 Å². The van der Waals surface area contributed by atoms with Gasteiger partial charge in [-0.15, -0.1) is 0 Å². The molecule has 0 saturated heterocycles. The van der Waals surface area contributed by atoms with E-state index in [-0.39, 0.29) is 19.1 Å². The second-order valence-electron chi connectivity index (χ2n) is 30.5. The smallest absolute Gasteiger partial charge is 0.391 e. The minimum atomic E-state index is -4.33. The molecule has 0 aliphatic heterocycles. The number of allylic oxidation sites excluding steroid dienone is 8. The van der Waals surface area contributed by atoms with Crippen LogP contribution >= 0.6 is 7.82 Å². The van der Waals surface area contributed by atoms with Gasteiger partial charge < -0.3 is 19.8 Å². The number of nitrogens with zero attached hydrogens (tertiary/aromatic N) is 1. The number of hydrogen-bond donors (Lipinski definition) is 3. The lowest BCUT2D eigenvalue weighted by Gasteiger charge is -2.26. The van der Waals surface area contributed by atoms with Crippen LogP contribution in [-0.2, 0) is 18.4 Å². The summed E-state index contributed by atoms with van der Waals surface area (Å²) in [6.07, 6.45) is 106. The number of phosphoric ester groups is 1. The molecule has 95 heavy (non-hydrogen) atoms. The fourth-order valence-electron chi connectivity index (χ4n) is 13.3. The largest absolute Gasteiger partial charge is 0.472 e. The molecule has 0 aromatic rings. The van der Waals surface area contributed by atoms with E-state index in [0.717, 1.165) is 64.2 Å². The Morgan fingerprint density at radius 3 is 0.926 bits per heavy atom. The molecule has 0 fully saturated rings. The third-order valence-corrected chi connectivity index (χ3v) is 20.8. The van der Waals surface area contributed by atoms with Crippen LogP contribution in [-0.4, -0.2) is 73.4 Å². The SMILES string of the molecule is CC/C=C\C/C=C\C/C=C\C/C=C\CCCCCCCCCCCCCCCCCCCCCCCCCCCCCCC(=O)NC(COP(=O)(O)OCC[N+](C)(C)C)C(O)CCCCCCCCCCCCCCCCCCCCCCCCCCCCCCCCCC. The molecule has 0 saturated carbocycles. The molecule has 0 aliphatic carbocycles.